The molecule has 0 spiro atoms. The molecule has 2 aromatic heterocycles. The molecule has 3 aromatic rings. The van der Waals surface area contributed by atoms with Crippen molar-refractivity contribution in [1.29, 1.82) is 0 Å². The topological polar surface area (TPSA) is 146 Å². The minimum absolute atomic E-state index is 0.135. The number of carbonyl (C=O) groups is 3. The largest absolute Gasteiger partial charge is 0.340 e. The lowest BCUT2D eigenvalue weighted by atomic mass is 9.95. The fourth-order valence-corrected chi connectivity index (χ4v) is 6.77. The summed E-state index contributed by atoms with van der Waals surface area (Å²) in [4.78, 5) is 45.9. The van der Waals surface area contributed by atoms with E-state index in [1.165, 1.54) is 11.8 Å². The molecule has 36 heavy (non-hydrogen) atoms. The molecule has 0 saturated carbocycles. The molecule has 4 heterocycles. The van der Waals surface area contributed by atoms with Gasteiger partial charge in [0.25, 0.3) is 0 Å². The summed E-state index contributed by atoms with van der Waals surface area (Å²) in [7, 11) is 0. The van der Waals surface area contributed by atoms with Gasteiger partial charge in [-0.15, -0.1) is 28.6 Å². The average Bonchev–Trinajstić information content (AvgIpc) is 3.49. The minimum atomic E-state index is -0.938. The second kappa shape index (κ2) is 9.90. The lowest BCUT2D eigenvalue weighted by molar-refractivity contribution is -0.152. The van der Waals surface area contributed by atoms with Crippen LogP contribution < -0.4 is 10.6 Å². The third kappa shape index (κ3) is 4.67. The first-order valence-electron chi connectivity index (χ1n) is 11.3. The van der Waals surface area contributed by atoms with Gasteiger partial charge in [-0.1, -0.05) is 30.3 Å². The fourth-order valence-electron chi connectivity index (χ4n) is 4.44. The van der Waals surface area contributed by atoms with E-state index in [9.17, 15) is 14.4 Å². The van der Waals surface area contributed by atoms with Gasteiger partial charge in [-0.25, -0.2) is 5.10 Å². The van der Waals surface area contributed by atoms with Crippen molar-refractivity contribution in [2.75, 3.05) is 5.75 Å². The van der Waals surface area contributed by atoms with Gasteiger partial charge >= 0.3 is 0 Å². The second-order valence-corrected chi connectivity index (χ2v) is 11.7. The third-order valence-electron chi connectivity index (χ3n) is 6.08. The quantitative estimate of drug-likeness (QED) is 0.294. The van der Waals surface area contributed by atoms with Gasteiger partial charge in [0.1, 0.15) is 23.5 Å². The Morgan fingerprint density at radius 1 is 1.19 bits per heavy atom. The van der Waals surface area contributed by atoms with Crippen LogP contribution in [0.2, 0.25) is 0 Å². The summed E-state index contributed by atoms with van der Waals surface area (Å²) in [5, 5.41) is 19.5. The summed E-state index contributed by atoms with van der Waals surface area (Å²) < 4.78 is -0.363. The first-order valence-corrected chi connectivity index (χ1v) is 13.1. The summed E-state index contributed by atoms with van der Waals surface area (Å²) in [6.07, 6.45) is 3.32. The third-order valence-corrected chi connectivity index (χ3v) is 8.66. The van der Waals surface area contributed by atoms with E-state index in [-0.39, 0.29) is 33.7 Å². The molecule has 2 aliphatic rings. The Labute approximate surface area is 215 Å². The number of benzene rings is 1. The lowest BCUT2D eigenvalue weighted by Crippen LogP contribution is -2.68. The highest BCUT2D eigenvalue weighted by atomic mass is 32.2. The molecular weight excluding hydrogens is 500 g/mol. The summed E-state index contributed by atoms with van der Waals surface area (Å²) >= 11 is 2.94. The van der Waals surface area contributed by atoms with Crippen LogP contribution in [0.5, 0.6) is 0 Å². The Morgan fingerprint density at radius 3 is 2.64 bits per heavy atom. The molecule has 186 valence electrons. The summed E-state index contributed by atoms with van der Waals surface area (Å²) in [6, 6.07) is 10.6. The van der Waals surface area contributed by atoms with Crippen LogP contribution >= 0.6 is 23.5 Å². The fraction of sp³-hybridized carbons (Fsp3) is 0.348. The van der Waals surface area contributed by atoms with Crippen molar-refractivity contribution >= 4 is 41.2 Å². The number of H-pyrrole nitrogens is 1. The number of aromatic nitrogens is 5. The zero-order valence-corrected chi connectivity index (χ0v) is 21.1. The SMILES string of the molecule is CC1(C)SC2C(NC(=O)C(NC(=O)CSc3ccncc3)c3ccccc3)C(=O)N2C1c1nnn[nH]1. The monoisotopic (exact) mass is 524 g/mol. The van der Waals surface area contributed by atoms with Crippen LogP contribution in [0.1, 0.15) is 37.3 Å². The molecule has 2 fully saturated rings. The Kier molecular flexibility index (Phi) is 6.67. The first-order chi connectivity index (χ1) is 17.3. The van der Waals surface area contributed by atoms with E-state index in [1.54, 1.807) is 53.3 Å². The highest BCUT2D eigenvalue weighted by molar-refractivity contribution is 8.01. The van der Waals surface area contributed by atoms with Gasteiger partial charge in [-0.2, -0.15) is 0 Å². The molecule has 0 bridgehead atoms. The number of thioether (sulfide) groups is 2. The van der Waals surface area contributed by atoms with Gasteiger partial charge in [-0.05, 0) is 42.0 Å². The maximum atomic E-state index is 13.4. The van der Waals surface area contributed by atoms with Gasteiger partial charge in [0.05, 0.1) is 5.75 Å². The molecule has 4 unspecified atom stereocenters. The van der Waals surface area contributed by atoms with Crippen molar-refractivity contribution in [3.05, 3.63) is 66.2 Å². The van der Waals surface area contributed by atoms with E-state index in [0.29, 0.717) is 11.4 Å². The van der Waals surface area contributed by atoms with Crippen molar-refractivity contribution < 1.29 is 14.4 Å². The number of β-lactam (4-membered cyclic amide) rings is 1. The van der Waals surface area contributed by atoms with E-state index < -0.39 is 18.0 Å². The van der Waals surface area contributed by atoms with E-state index in [4.69, 9.17) is 0 Å². The van der Waals surface area contributed by atoms with Crippen LogP contribution in [0.3, 0.4) is 0 Å². The van der Waals surface area contributed by atoms with Crippen molar-refractivity contribution in [1.82, 2.24) is 41.1 Å². The van der Waals surface area contributed by atoms with Gasteiger partial charge in [0.2, 0.25) is 17.7 Å². The number of tetrazole rings is 1. The first kappa shape index (κ1) is 24.3. The van der Waals surface area contributed by atoms with Gasteiger partial charge < -0.3 is 15.5 Å². The standard InChI is InChI=1S/C23H24N8O3S2/c1-23(2)18(19-27-29-30-28-19)31-21(34)17(22(31)36-23)26-20(33)16(13-6-4-3-5-7-13)25-15(32)12-35-14-8-10-24-11-9-14/h3-11,16-18,22H,12H2,1-2H3,(H,25,32)(H,26,33)(H,27,28,29,30). The van der Waals surface area contributed by atoms with Gasteiger partial charge in [-0.3, -0.25) is 19.4 Å². The molecule has 0 radical (unpaired) electrons. The molecule has 4 atom stereocenters. The highest BCUT2D eigenvalue weighted by Gasteiger charge is 2.63. The van der Waals surface area contributed by atoms with Crippen LogP contribution in [0.15, 0.2) is 59.8 Å². The Hall–Kier alpha value is -3.45. The molecule has 0 aliphatic carbocycles. The van der Waals surface area contributed by atoms with Crippen LogP contribution in [0.4, 0.5) is 0 Å². The molecule has 5 rings (SSSR count). The number of pyridine rings is 1. The number of nitrogens with zero attached hydrogens (tertiary/aromatic N) is 5. The second-order valence-electron chi connectivity index (χ2n) is 8.92. The summed E-state index contributed by atoms with van der Waals surface area (Å²) in [5.41, 5.74) is 0.630. The van der Waals surface area contributed by atoms with Gasteiger partial charge in [0, 0.05) is 22.0 Å². The molecule has 2 saturated heterocycles. The van der Waals surface area contributed by atoms with Crippen LogP contribution in [0.25, 0.3) is 0 Å². The number of fused-ring (bicyclic) bond motifs is 1. The number of aromatic amines is 1. The molecule has 1 aromatic carbocycles. The Balaban J connectivity index is 1.28. The normalized spacial score (nSPS) is 22.9. The molecule has 3 amide bonds. The number of rotatable bonds is 8. The number of nitrogens with one attached hydrogen (secondary N) is 3. The van der Waals surface area contributed by atoms with Crippen molar-refractivity contribution in [2.24, 2.45) is 0 Å². The number of amides is 3. The predicted octanol–water partition coefficient (Wildman–Crippen LogP) is 1.46. The maximum Gasteiger partial charge on any atom is 0.249 e. The van der Waals surface area contributed by atoms with E-state index >= 15 is 0 Å². The number of carbonyl (C=O) groups excluding carboxylic acids is 3. The molecule has 2 aliphatic heterocycles. The smallest absolute Gasteiger partial charge is 0.249 e. The zero-order valence-electron chi connectivity index (χ0n) is 19.5. The number of hydrogen-bond acceptors (Lipinski definition) is 9. The molecular formula is C23H24N8O3S2. The number of hydrogen-bond donors (Lipinski definition) is 3. The molecule has 13 heteroatoms. The molecule has 11 nitrogen and oxygen atoms in total. The van der Waals surface area contributed by atoms with E-state index in [2.05, 4.69) is 36.2 Å². The van der Waals surface area contributed by atoms with E-state index in [1.807, 2.05) is 32.0 Å². The van der Waals surface area contributed by atoms with Crippen LogP contribution in [-0.2, 0) is 14.4 Å². The Bertz CT molecular complexity index is 1240. The summed E-state index contributed by atoms with van der Waals surface area (Å²) in [6.45, 7) is 4.03. The highest BCUT2D eigenvalue weighted by Crippen LogP contribution is 2.56. The average molecular weight is 525 g/mol. The van der Waals surface area contributed by atoms with E-state index in [0.717, 1.165) is 4.90 Å². The minimum Gasteiger partial charge on any atom is -0.340 e. The maximum absolute atomic E-state index is 13.4. The molecule has 3 N–H and O–H groups in total. The summed E-state index contributed by atoms with van der Waals surface area (Å²) in [5.74, 6) is -0.300. The van der Waals surface area contributed by atoms with Crippen LogP contribution in [-0.4, -0.2) is 70.1 Å². The predicted molar refractivity (Wildman–Crippen MR) is 133 cm³/mol. The lowest BCUT2D eigenvalue weighted by Gasteiger charge is -2.44. The van der Waals surface area contributed by atoms with Gasteiger partial charge in [0.15, 0.2) is 5.82 Å². The van der Waals surface area contributed by atoms with Crippen LogP contribution in [0, 0.1) is 0 Å². The van der Waals surface area contributed by atoms with Crippen molar-refractivity contribution in [3.63, 3.8) is 0 Å². The van der Waals surface area contributed by atoms with Crippen molar-refractivity contribution in [2.45, 2.75) is 47.0 Å². The Morgan fingerprint density at radius 2 is 1.94 bits per heavy atom. The zero-order chi connectivity index (χ0) is 25.3. The van der Waals surface area contributed by atoms with Crippen molar-refractivity contribution in [3.8, 4) is 0 Å².